The van der Waals surface area contributed by atoms with Gasteiger partial charge in [-0.3, -0.25) is 4.68 Å². The number of hydrogen-bond acceptors (Lipinski definition) is 2. The summed E-state index contributed by atoms with van der Waals surface area (Å²) < 4.78 is 1.93. The van der Waals surface area contributed by atoms with Gasteiger partial charge in [0.2, 0.25) is 0 Å². The maximum atomic E-state index is 8.81. The van der Waals surface area contributed by atoms with E-state index >= 15 is 0 Å². The number of rotatable bonds is 5. The molecule has 76 valence electrons. The molecule has 1 heterocycles. The SMILES string of the molecule is CC(C)(C#N)CCCCn1cccn1. The average Bonchev–Trinajstić information content (AvgIpc) is 2.65. The first-order valence-electron chi connectivity index (χ1n) is 5.03. The van der Waals surface area contributed by atoms with Gasteiger partial charge in [0.1, 0.15) is 0 Å². The molecule has 0 aliphatic heterocycles. The third-order valence-electron chi connectivity index (χ3n) is 2.30. The maximum absolute atomic E-state index is 8.81. The van der Waals surface area contributed by atoms with Crippen LogP contribution in [0.5, 0.6) is 0 Å². The molecule has 0 fully saturated rings. The van der Waals surface area contributed by atoms with Crippen LogP contribution < -0.4 is 0 Å². The number of unbranched alkanes of at least 4 members (excludes halogenated alkanes) is 1. The first kappa shape index (κ1) is 10.8. The third-order valence-corrected chi connectivity index (χ3v) is 2.30. The highest BCUT2D eigenvalue weighted by atomic mass is 15.3. The highest BCUT2D eigenvalue weighted by Gasteiger charge is 2.15. The molecule has 14 heavy (non-hydrogen) atoms. The molecular weight excluding hydrogens is 174 g/mol. The van der Waals surface area contributed by atoms with Crippen molar-refractivity contribution in [2.75, 3.05) is 0 Å². The lowest BCUT2D eigenvalue weighted by atomic mass is 9.89. The molecule has 0 N–H and O–H groups in total. The summed E-state index contributed by atoms with van der Waals surface area (Å²) in [6.07, 6.45) is 6.90. The van der Waals surface area contributed by atoms with Crippen LogP contribution in [0.4, 0.5) is 0 Å². The van der Waals surface area contributed by atoms with Gasteiger partial charge in [0, 0.05) is 18.9 Å². The van der Waals surface area contributed by atoms with Gasteiger partial charge < -0.3 is 0 Å². The van der Waals surface area contributed by atoms with Gasteiger partial charge in [-0.1, -0.05) is 6.42 Å². The minimum Gasteiger partial charge on any atom is -0.273 e. The molecule has 0 aliphatic rings. The zero-order chi connectivity index (χ0) is 10.4. The van der Waals surface area contributed by atoms with Gasteiger partial charge in [-0.15, -0.1) is 0 Å². The van der Waals surface area contributed by atoms with Crippen molar-refractivity contribution in [1.82, 2.24) is 9.78 Å². The molecular formula is C11H17N3. The van der Waals surface area contributed by atoms with Crippen LogP contribution in [0.3, 0.4) is 0 Å². The summed E-state index contributed by atoms with van der Waals surface area (Å²) in [4.78, 5) is 0. The second-order valence-electron chi connectivity index (χ2n) is 4.22. The van der Waals surface area contributed by atoms with E-state index in [2.05, 4.69) is 11.2 Å². The van der Waals surface area contributed by atoms with Crippen molar-refractivity contribution in [3.63, 3.8) is 0 Å². The molecule has 0 spiro atoms. The molecule has 0 atom stereocenters. The molecule has 0 aromatic carbocycles. The maximum Gasteiger partial charge on any atom is 0.0683 e. The van der Waals surface area contributed by atoms with Crippen molar-refractivity contribution in [3.8, 4) is 6.07 Å². The lowest BCUT2D eigenvalue weighted by Gasteiger charge is -2.14. The fourth-order valence-electron chi connectivity index (χ4n) is 1.33. The third kappa shape index (κ3) is 3.61. The number of nitrogens with zero attached hydrogens (tertiary/aromatic N) is 3. The van der Waals surface area contributed by atoms with Crippen LogP contribution in [0, 0.1) is 16.7 Å². The molecule has 0 bridgehead atoms. The number of aryl methyl sites for hydroxylation is 1. The van der Waals surface area contributed by atoms with Crippen LogP contribution in [-0.4, -0.2) is 9.78 Å². The van der Waals surface area contributed by atoms with Crippen molar-refractivity contribution in [2.24, 2.45) is 5.41 Å². The van der Waals surface area contributed by atoms with Crippen LogP contribution in [0.2, 0.25) is 0 Å². The Bertz CT molecular complexity index is 293. The van der Waals surface area contributed by atoms with E-state index in [-0.39, 0.29) is 5.41 Å². The topological polar surface area (TPSA) is 41.6 Å². The molecule has 0 amide bonds. The number of nitriles is 1. The summed E-state index contributed by atoms with van der Waals surface area (Å²) in [6, 6.07) is 4.24. The molecule has 1 aromatic rings. The van der Waals surface area contributed by atoms with E-state index in [0.29, 0.717) is 0 Å². The highest BCUT2D eigenvalue weighted by molar-refractivity contribution is 4.91. The fraction of sp³-hybridized carbons (Fsp3) is 0.636. The predicted octanol–water partition coefficient (Wildman–Crippen LogP) is 2.60. The Labute approximate surface area is 85.4 Å². The van der Waals surface area contributed by atoms with Crippen molar-refractivity contribution >= 4 is 0 Å². The molecule has 0 saturated heterocycles. The smallest absolute Gasteiger partial charge is 0.0683 e. The quantitative estimate of drug-likeness (QED) is 0.671. The molecule has 1 rings (SSSR count). The number of aromatic nitrogens is 2. The van der Waals surface area contributed by atoms with Gasteiger partial charge in [0.25, 0.3) is 0 Å². The summed E-state index contributed by atoms with van der Waals surface area (Å²) in [5.74, 6) is 0. The van der Waals surface area contributed by atoms with Gasteiger partial charge in [0.05, 0.1) is 11.5 Å². The van der Waals surface area contributed by atoms with E-state index in [4.69, 9.17) is 5.26 Å². The summed E-state index contributed by atoms with van der Waals surface area (Å²) >= 11 is 0. The van der Waals surface area contributed by atoms with E-state index < -0.39 is 0 Å². The van der Waals surface area contributed by atoms with Gasteiger partial charge in [-0.25, -0.2) is 0 Å². The van der Waals surface area contributed by atoms with Crippen molar-refractivity contribution in [3.05, 3.63) is 18.5 Å². The summed E-state index contributed by atoms with van der Waals surface area (Å²) in [6.45, 7) is 4.93. The highest BCUT2D eigenvalue weighted by Crippen LogP contribution is 2.21. The Morgan fingerprint density at radius 3 is 2.79 bits per heavy atom. The Kier molecular flexibility index (Phi) is 3.70. The van der Waals surface area contributed by atoms with Gasteiger partial charge >= 0.3 is 0 Å². The predicted molar refractivity (Wildman–Crippen MR) is 55.5 cm³/mol. The van der Waals surface area contributed by atoms with E-state index in [1.807, 2.05) is 30.8 Å². The van der Waals surface area contributed by atoms with E-state index in [1.165, 1.54) is 0 Å². The first-order chi connectivity index (χ1) is 6.64. The van der Waals surface area contributed by atoms with E-state index in [1.54, 1.807) is 6.20 Å². The lowest BCUT2D eigenvalue weighted by molar-refractivity contribution is 0.412. The van der Waals surface area contributed by atoms with Gasteiger partial charge in [-0.05, 0) is 32.8 Å². The van der Waals surface area contributed by atoms with E-state index in [0.717, 1.165) is 25.8 Å². The fourth-order valence-corrected chi connectivity index (χ4v) is 1.33. The van der Waals surface area contributed by atoms with Crippen LogP contribution in [0.1, 0.15) is 33.1 Å². The molecule has 3 heteroatoms. The largest absolute Gasteiger partial charge is 0.273 e. The Balaban J connectivity index is 2.15. The van der Waals surface area contributed by atoms with Crippen molar-refractivity contribution in [1.29, 1.82) is 5.26 Å². The lowest BCUT2D eigenvalue weighted by Crippen LogP contribution is -2.08. The molecule has 1 aromatic heterocycles. The summed E-state index contributed by atoms with van der Waals surface area (Å²) in [5.41, 5.74) is -0.176. The van der Waals surface area contributed by atoms with E-state index in [9.17, 15) is 0 Å². The van der Waals surface area contributed by atoms with Crippen LogP contribution in [-0.2, 0) is 6.54 Å². The second-order valence-corrected chi connectivity index (χ2v) is 4.22. The van der Waals surface area contributed by atoms with Crippen molar-refractivity contribution < 1.29 is 0 Å². The minimum absolute atomic E-state index is 0.176. The normalized spacial score (nSPS) is 11.2. The monoisotopic (exact) mass is 191 g/mol. The van der Waals surface area contributed by atoms with Crippen LogP contribution in [0.25, 0.3) is 0 Å². The standard InChI is InChI=1S/C11H17N3/c1-11(2,10-12)6-3-4-8-14-9-5-7-13-14/h5,7,9H,3-4,6,8H2,1-2H3. The summed E-state index contributed by atoms with van der Waals surface area (Å²) in [5, 5.41) is 12.9. The average molecular weight is 191 g/mol. The summed E-state index contributed by atoms with van der Waals surface area (Å²) in [7, 11) is 0. The van der Waals surface area contributed by atoms with Gasteiger partial charge in [-0.2, -0.15) is 10.4 Å². The molecule has 0 radical (unpaired) electrons. The minimum atomic E-state index is -0.176. The zero-order valence-corrected chi connectivity index (χ0v) is 8.90. The molecule has 3 nitrogen and oxygen atoms in total. The van der Waals surface area contributed by atoms with Gasteiger partial charge in [0.15, 0.2) is 0 Å². The Morgan fingerprint density at radius 2 is 2.21 bits per heavy atom. The second kappa shape index (κ2) is 4.80. The Hall–Kier alpha value is -1.30. The van der Waals surface area contributed by atoms with Crippen LogP contribution in [0.15, 0.2) is 18.5 Å². The Morgan fingerprint density at radius 1 is 1.43 bits per heavy atom. The molecule has 0 aliphatic carbocycles. The van der Waals surface area contributed by atoms with Crippen molar-refractivity contribution in [2.45, 2.75) is 39.7 Å². The molecule has 0 saturated carbocycles. The van der Waals surface area contributed by atoms with Crippen LogP contribution >= 0.6 is 0 Å². The molecule has 0 unspecified atom stereocenters. The first-order valence-corrected chi connectivity index (χ1v) is 5.03. The zero-order valence-electron chi connectivity index (χ0n) is 8.90. The number of hydrogen-bond donors (Lipinski definition) is 0.